The molecule has 1 N–H and O–H groups in total. The summed E-state index contributed by atoms with van der Waals surface area (Å²) in [5.74, 6) is 0. The molecule has 1 unspecified atom stereocenters. The summed E-state index contributed by atoms with van der Waals surface area (Å²) in [6, 6.07) is 4.90. The standard InChI is InChI=1S/C15H25NO/c1-11-9-12(2)15(13(3)10-11)14(16(4)5)7-6-8-17/h9-10,14,17H,6-8H2,1-5H3. The molecule has 0 aromatic heterocycles. The maximum Gasteiger partial charge on any atom is 0.0431 e. The molecule has 0 radical (unpaired) electrons. The summed E-state index contributed by atoms with van der Waals surface area (Å²) >= 11 is 0. The van der Waals surface area contributed by atoms with Crippen molar-refractivity contribution in [1.29, 1.82) is 0 Å². The molecule has 1 atom stereocenters. The van der Waals surface area contributed by atoms with Gasteiger partial charge in [-0.3, -0.25) is 0 Å². The van der Waals surface area contributed by atoms with Crippen LogP contribution in [0.15, 0.2) is 12.1 Å². The zero-order valence-electron chi connectivity index (χ0n) is 11.7. The third-order valence-corrected chi connectivity index (χ3v) is 3.33. The van der Waals surface area contributed by atoms with Crippen LogP contribution in [0.2, 0.25) is 0 Å². The van der Waals surface area contributed by atoms with E-state index in [1.165, 1.54) is 22.3 Å². The minimum absolute atomic E-state index is 0.272. The van der Waals surface area contributed by atoms with Crippen LogP contribution in [0.5, 0.6) is 0 Å². The summed E-state index contributed by atoms with van der Waals surface area (Å²) in [5, 5.41) is 9.01. The molecule has 1 aromatic rings. The van der Waals surface area contributed by atoms with Gasteiger partial charge in [0.15, 0.2) is 0 Å². The molecule has 0 aliphatic rings. The van der Waals surface area contributed by atoms with E-state index in [0.29, 0.717) is 6.04 Å². The van der Waals surface area contributed by atoms with E-state index >= 15 is 0 Å². The molecule has 17 heavy (non-hydrogen) atoms. The van der Waals surface area contributed by atoms with E-state index in [1.807, 2.05) is 0 Å². The largest absolute Gasteiger partial charge is 0.396 e. The highest BCUT2D eigenvalue weighted by Gasteiger charge is 2.18. The molecule has 0 saturated carbocycles. The third-order valence-electron chi connectivity index (χ3n) is 3.33. The molecule has 1 rings (SSSR count). The Morgan fingerprint density at radius 1 is 1.12 bits per heavy atom. The Hall–Kier alpha value is -0.860. The Morgan fingerprint density at radius 3 is 2.06 bits per heavy atom. The molecule has 2 heteroatoms. The van der Waals surface area contributed by atoms with Crippen molar-refractivity contribution in [3.63, 3.8) is 0 Å². The van der Waals surface area contributed by atoms with Gasteiger partial charge < -0.3 is 10.0 Å². The first kappa shape index (κ1) is 14.2. The number of hydrogen-bond donors (Lipinski definition) is 1. The molecule has 2 nitrogen and oxygen atoms in total. The van der Waals surface area contributed by atoms with E-state index in [-0.39, 0.29) is 6.61 Å². The predicted molar refractivity (Wildman–Crippen MR) is 73.4 cm³/mol. The SMILES string of the molecule is Cc1cc(C)c(C(CCCO)N(C)C)c(C)c1. The lowest BCUT2D eigenvalue weighted by Crippen LogP contribution is -2.22. The maximum absolute atomic E-state index is 9.01. The summed E-state index contributed by atoms with van der Waals surface area (Å²) in [6.07, 6.45) is 1.86. The number of aryl methyl sites for hydroxylation is 3. The van der Waals surface area contributed by atoms with Crippen LogP contribution >= 0.6 is 0 Å². The summed E-state index contributed by atoms with van der Waals surface area (Å²) in [6.45, 7) is 6.78. The van der Waals surface area contributed by atoms with Crippen molar-refractivity contribution in [2.24, 2.45) is 0 Å². The van der Waals surface area contributed by atoms with Crippen molar-refractivity contribution < 1.29 is 5.11 Å². The van der Waals surface area contributed by atoms with E-state index < -0.39 is 0 Å². The molecule has 96 valence electrons. The molecule has 0 heterocycles. The van der Waals surface area contributed by atoms with Gasteiger partial charge in [0.1, 0.15) is 0 Å². The Labute approximate surface area is 105 Å². The van der Waals surface area contributed by atoms with Gasteiger partial charge in [-0.05, 0) is 64.4 Å². The molecule has 0 aliphatic heterocycles. The fourth-order valence-corrected chi connectivity index (χ4v) is 2.66. The molecule has 0 fully saturated rings. The minimum atomic E-state index is 0.272. The normalized spacial score (nSPS) is 13.1. The Bertz CT molecular complexity index is 348. The maximum atomic E-state index is 9.01. The van der Waals surface area contributed by atoms with Crippen LogP contribution in [-0.4, -0.2) is 30.7 Å². The van der Waals surface area contributed by atoms with Gasteiger partial charge in [0, 0.05) is 12.6 Å². The second kappa shape index (κ2) is 6.18. The molecule has 0 bridgehead atoms. The molecular weight excluding hydrogens is 210 g/mol. The third kappa shape index (κ3) is 3.55. The number of nitrogens with zero attached hydrogens (tertiary/aromatic N) is 1. The van der Waals surface area contributed by atoms with E-state index in [4.69, 9.17) is 5.11 Å². The van der Waals surface area contributed by atoms with Crippen LogP contribution < -0.4 is 0 Å². The smallest absolute Gasteiger partial charge is 0.0431 e. The lowest BCUT2D eigenvalue weighted by Gasteiger charge is -2.28. The number of aliphatic hydroxyl groups excluding tert-OH is 1. The first-order valence-corrected chi connectivity index (χ1v) is 6.32. The van der Waals surface area contributed by atoms with Gasteiger partial charge in [0.2, 0.25) is 0 Å². The molecular formula is C15H25NO. The van der Waals surface area contributed by atoms with E-state index in [2.05, 4.69) is 51.9 Å². The Balaban J connectivity index is 3.09. The highest BCUT2D eigenvalue weighted by Crippen LogP contribution is 2.30. The average molecular weight is 235 g/mol. The van der Waals surface area contributed by atoms with Crippen molar-refractivity contribution in [2.45, 2.75) is 39.7 Å². The molecule has 0 saturated heterocycles. The number of aliphatic hydroxyl groups is 1. The molecule has 0 spiro atoms. The van der Waals surface area contributed by atoms with Gasteiger partial charge in [0.25, 0.3) is 0 Å². The van der Waals surface area contributed by atoms with Gasteiger partial charge in [-0.25, -0.2) is 0 Å². The first-order valence-electron chi connectivity index (χ1n) is 6.32. The minimum Gasteiger partial charge on any atom is -0.396 e. The van der Waals surface area contributed by atoms with Crippen LogP contribution in [0, 0.1) is 20.8 Å². The van der Waals surface area contributed by atoms with Crippen LogP contribution in [0.3, 0.4) is 0 Å². The van der Waals surface area contributed by atoms with Crippen molar-refractivity contribution in [2.75, 3.05) is 20.7 Å². The molecule has 0 amide bonds. The van der Waals surface area contributed by atoms with Crippen molar-refractivity contribution in [3.8, 4) is 0 Å². The second-order valence-electron chi connectivity index (χ2n) is 5.16. The van der Waals surface area contributed by atoms with E-state index in [9.17, 15) is 0 Å². The first-order chi connectivity index (χ1) is 7.97. The van der Waals surface area contributed by atoms with Crippen LogP contribution in [0.1, 0.15) is 41.1 Å². The van der Waals surface area contributed by atoms with Crippen LogP contribution in [0.25, 0.3) is 0 Å². The number of hydrogen-bond acceptors (Lipinski definition) is 2. The lowest BCUT2D eigenvalue weighted by atomic mass is 9.91. The van der Waals surface area contributed by atoms with Gasteiger partial charge in [0.05, 0.1) is 0 Å². The lowest BCUT2D eigenvalue weighted by molar-refractivity contribution is 0.234. The van der Waals surface area contributed by atoms with Gasteiger partial charge >= 0.3 is 0 Å². The van der Waals surface area contributed by atoms with Crippen molar-refractivity contribution in [3.05, 3.63) is 34.4 Å². The van der Waals surface area contributed by atoms with Crippen molar-refractivity contribution >= 4 is 0 Å². The zero-order valence-corrected chi connectivity index (χ0v) is 11.7. The fourth-order valence-electron chi connectivity index (χ4n) is 2.66. The van der Waals surface area contributed by atoms with Gasteiger partial charge in [-0.15, -0.1) is 0 Å². The summed E-state index contributed by atoms with van der Waals surface area (Å²) < 4.78 is 0. The number of benzene rings is 1. The summed E-state index contributed by atoms with van der Waals surface area (Å²) in [5.41, 5.74) is 5.47. The number of rotatable bonds is 5. The van der Waals surface area contributed by atoms with E-state index in [0.717, 1.165) is 12.8 Å². The van der Waals surface area contributed by atoms with E-state index in [1.54, 1.807) is 0 Å². The zero-order chi connectivity index (χ0) is 13.0. The van der Waals surface area contributed by atoms with Gasteiger partial charge in [-0.2, -0.15) is 0 Å². The van der Waals surface area contributed by atoms with Crippen LogP contribution in [0.4, 0.5) is 0 Å². The predicted octanol–water partition coefficient (Wildman–Crippen LogP) is 2.99. The quantitative estimate of drug-likeness (QED) is 0.848. The van der Waals surface area contributed by atoms with Gasteiger partial charge in [-0.1, -0.05) is 17.7 Å². The summed E-state index contributed by atoms with van der Waals surface area (Å²) in [4.78, 5) is 2.25. The Morgan fingerprint density at radius 2 is 1.65 bits per heavy atom. The highest BCUT2D eigenvalue weighted by atomic mass is 16.2. The topological polar surface area (TPSA) is 23.5 Å². The highest BCUT2D eigenvalue weighted by molar-refractivity contribution is 5.39. The molecule has 0 aliphatic carbocycles. The fraction of sp³-hybridized carbons (Fsp3) is 0.600. The molecule has 1 aromatic carbocycles. The monoisotopic (exact) mass is 235 g/mol. The van der Waals surface area contributed by atoms with Crippen molar-refractivity contribution in [1.82, 2.24) is 4.90 Å². The second-order valence-corrected chi connectivity index (χ2v) is 5.16. The Kier molecular flexibility index (Phi) is 5.16. The van der Waals surface area contributed by atoms with Crippen LogP contribution in [-0.2, 0) is 0 Å². The summed E-state index contributed by atoms with van der Waals surface area (Å²) in [7, 11) is 4.22. The average Bonchev–Trinajstić information content (AvgIpc) is 2.20.